The van der Waals surface area contributed by atoms with Crippen LogP contribution in [0.2, 0.25) is 0 Å². The first-order chi connectivity index (χ1) is 16.7. The van der Waals surface area contributed by atoms with Crippen molar-refractivity contribution in [3.05, 3.63) is 54.9 Å². The molecule has 2 aromatic carbocycles. The Kier molecular flexibility index (Phi) is 4.95. The molecule has 6 rings (SSSR count). The molecule has 1 saturated heterocycles. The summed E-state index contributed by atoms with van der Waals surface area (Å²) in [5.74, 6) is 0.764. The number of aromatic amines is 1. The second kappa shape index (κ2) is 8.27. The fourth-order valence-corrected chi connectivity index (χ4v) is 4.16. The van der Waals surface area contributed by atoms with E-state index in [0.29, 0.717) is 41.3 Å². The first kappa shape index (κ1) is 20.4. The van der Waals surface area contributed by atoms with Gasteiger partial charge in [0.05, 0.1) is 42.6 Å². The van der Waals surface area contributed by atoms with Gasteiger partial charge in [-0.15, -0.1) is 15.3 Å². The van der Waals surface area contributed by atoms with E-state index in [-0.39, 0.29) is 0 Å². The number of aromatic nitrogens is 6. The van der Waals surface area contributed by atoms with E-state index in [1.165, 1.54) is 0 Å². The lowest BCUT2D eigenvalue weighted by atomic mass is 10.1. The zero-order valence-electron chi connectivity index (χ0n) is 18.3. The molecule has 1 aliphatic rings. The van der Waals surface area contributed by atoms with Crippen molar-refractivity contribution in [3.63, 3.8) is 0 Å². The summed E-state index contributed by atoms with van der Waals surface area (Å²) in [4.78, 5) is 7.04. The van der Waals surface area contributed by atoms with Crippen molar-refractivity contribution < 1.29 is 13.9 Å². The Morgan fingerprint density at radius 3 is 2.88 bits per heavy atom. The van der Waals surface area contributed by atoms with Crippen LogP contribution in [0.1, 0.15) is 0 Å². The number of nitrogens with zero attached hydrogens (tertiary/aromatic N) is 6. The van der Waals surface area contributed by atoms with Crippen LogP contribution in [-0.2, 0) is 4.74 Å². The number of hydrogen-bond acceptors (Lipinski definition) is 8. The summed E-state index contributed by atoms with van der Waals surface area (Å²) in [5.41, 5.74) is 4.46. The Balaban J connectivity index is 1.37. The molecule has 5 aromatic rings. The normalized spacial score (nSPS) is 14.1. The van der Waals surface area contributed by atoms with Gasteiger partial charge in [-0.3, -0.25) is 9.50 Å². The molecule has 0 spiro atoms. The first-order valence-corrected chi connectivity index (χ1v) is 10.8. The minimum atomic E-state index is -0.527. The van der Waals surface area contributed by atoms with E-state index in [9.17, 15) is 4.39 Å². The second-order valence-electron chi connectivity index (χ2n) is 7.92. The third-order valence-electron chi connectivity index (χ3n) is 5.88. The lowest BCUT2D eigenvalue weighted by Gasteiger charge is -2.30. The largest absolute Gasteiger partial charge is 0.495 e. The Labute approximate surface area is 193 Å². The highest BCUT2D eigenvalue weighted by molar-refractivity contribution is 5.84. The van der Waals surface area contributed by atoms with Crippen molar-refractivity contribution in [2.24, 2.45) is 0 Å². The molecular formula is C23H21FN8O2. The van der Waals surface area contributed by atoms with Gasteiger partial charge < -0.3 is 19.7 Å². The molecule has 3 aromatic heterocycles. The molecule has 0 amide bonds. The predicted octanol–water partition coefficient (Wildman–Crippen LogP) is 3.40. The molecule has 11 heteroatoms. The van der Waals surface area contributed by atoms with Crippen LogP contribution in [0.3, 0.4) is 0 Å². The monoisotopic (exact) mass is 460 g/mol. The average Bonchev–Trinajstić information content (AvgIpc) is 3.51. The third-order valence-corrected chi connectivity index (χ3v) is 5.88. The van der Waals surface area contributed by atoms with E-state index in [1.54, 1.807) is 23.9 Å². The first-order valence-electron chi connectivity index (χ1n) is 10.8. The minimum Gasteiger partial charge on any atom is -0.495 e. The number of morpholine rings is 1. The number of anilines is 3. The van der Waals surface area contributed by atoms with Gasteiger partial charge in [0, 0.05) is 36.6 Å². The number of benzene rings is 2. The van der Waals surface area contributed by atoms with Crippen LogP contribution in [0, 0.1) is 5.95 Å². The predicted molar refractivity (Wildman–Crippen MR) is 125 cm³/mol. The van der Waals surface area contributed by atoms with Crippen LogP contribution in [0.4, 0.5) is 21.6 Å². The van der Waals surface area contributed by atoms with Crippen LogP contribution in [0.25, 0.3) is 27.8 Å². The van der Waals surface area contributed by atoms with Crippen molar-refractivity contribution in [1.82, 2.24) is 29.8 Å². The molecule has 0 unspecified atom stereocenters. The van der Waals surface area contributed by atoms with E-state index < -0.39 is 5.95 Å². The molecule has 0 atom stereocenters. The Bertz CT molecular complexity index is 1490. The molecule has 0 bridgehead atoms. The van der Waals surface area contributed by atoms with Crippen LogP contribution >= 0.6 is 0 Å². The summed E-state index contributed by atoms with van der Waals surface area (Å²) in [6.07, 6.45) is 3.44. The highest BCUT2D eigenvalue weighted by atomic mass is 19.1. The van der Waals surface area contributed by atoms with Gasteiger partial charge in [-0.1, -0.05) is 6.07 Å². The Morgan fingerprint density at radius 1 is 1.15 bits per heavy atom. The molecule has 0 aliphatic carbocycles. The SMILES string of the molecule is COc1cc(Nc2nc(-c3ccc4c(F)n[nH]c4c3)cn3cnnc23)ccc1N1CCOCC1. The fourth-order valence-electron chi connectivity index (χ4n) is 4.16. The van der Waals surface area contributed by atoms with E-state index in [1.807, 2.05) is 36.5 Å². The van der Waals surface area contributed by atoms with Crippen LogP contribution < -0.4 is 15.0 Å². The number of rotatable bonds is 5. The highest BCUT2D eigenvalue weighted by Crippen LogP contribution is 2.34. The second-order valence-corrected chi connectivity index (χ2v) is 7.92. The maximum absolute atomic E-state index is 13.8. The van der Waals surface area contributed by atoms with E-state index in [4.69, 9.17) is 14.5 Å². The topological polar surface area (TPSA) is 105 Å². The third kappa shape index (κ3) is 3.55. The van der Waals surface area contributed by atoms with Gasteiger partial charge in [0.25, 0.3) is 0 Å². The molecule has 10 nitrogen and oxygen atoms in total. The molecule has 2 N–H and O–H groups in total. The number of fused-ring (bicyclic) bond motifs is 2. The summed E-state index contributed by atoms with van der Waals surface area (Å²) in [6, 6.07) is 11.2. The van der Waals surface area contributed by atoms with Crippen LogP contribution in [-0.4, -0.2) is 63.2 Å². The number of nitrogens with one attached hydrogen (secondary N) is 2. The van der Waals surface area contributed by atoms with Crippen molar-refractivity contribution in [3.8, 4) is 17.0 Å². The van der Waals surface area contributed by atoms with Gasteiger partial charge >= 0.3 is 0 Å². The van der Waals surface area contributed by atoms with Crippen molar-refractivity contribution in [2.45, 2.75) is 0 Å². The summed E-state index contributed by atoms with van der Waals surface area (Å²) >= 11 is 0. The van der Waals surface area contributed by atoms with E-state index in [2.05, 4.69) is 30.6 Å². The molecule has 4 heterocycles. The summed E-state index contributed by atoms with van der Waals surface area (Å²) < 4.78 is 26.7. The number of methoxy groups -OCH3 is 1. The lowest BCUT2D eigenvalue weighted by molar-refractivity contribution is 0.122. The summed E-state index contributed by atoms with van der Waals surface area (Å²) in [6.45, 7) is 3.03. The lowest BCUT2D eigenvalue weighted by Crippen LogP contribution is -2.36. The van der Waals surface area contributed by atoms with Gasteiger partial charge in [-0.05, 0) is 24.3 Å². The molecular weight excluding hydrogens is 439 g/mol. The van der Waals surface area contributed by atoms with E-state index in [0.717, 1.165) is 35.8 Å². The molecule has 0 saturated carbocycles. The van der Waals surface area contributed by atoms with Gasteiger partial charge in [0.2, 0.25) is 11.6 Å². The number of halogens is 1. The molecule has 34 heavy (non-hydrogen) atoms. The van der Waals surface area contributed by atoms with Crippen LogP contribution in [0.15, 0.2) is 48.9 Å². The van der Waals surface area contributed by atoms with Gasteiger partial charge in [-0.2, -0.15) is 4.39 Å². The average molecular weight is 460 g/mol. The van der Waals surface area contributed by atoms with Gasteiger partial charge in [-0.25, -0.2) is 4.98 Å². The van der Waals surface area contributed by atoms with Gasteiger partial charge in [0.1, 0.15) is 12.1 Å². The highest BCUT2D eigenvalue weighted by Gasteiger charge is 2.17. The van der Waals surface area contributed by atoms with E-state index >= 15 is 0 Å². The maximum Gasteiger partial charge on any atom is 0.240 e. The van der Waals surface area contributed by atoms with Crippen LogP contribution in [0.5, 0.6) is 5.75 Å². The molecule has 172 valence electrons. The van der Waals surface area contributed by atoms with Crippen molar-refractivity contribution >= 4 is 33.7 Å². The number of ether oxygens (including phenoxy) is 2. The summed E-state index contributed by atoms with van der Waals surface area (Å²) in [7, 11) is 1.66. The molecule has 1 aliphatic heterocycles. The Hall–Kier alpha value is -4.25. The quantitative estimate of drug-likeness (QED) is 0.411. The molecule has 1 fully saturated rings. The zero-order chi connectivity index (χ0) is 23.1. The van der Waals surface area contributed by atoms with Crippen molar-refractivity contribution in [1.29, 1.82) is 0 Å². The molecule has 0 radical (unpaired) electrons. The standard InChI is InChI=1S/C23H21FN8O2/c1-33-20-11-15(3-5-19(20)31-6-8-34-9-7-31)26-22-23-30-25-13-32(23)12-18(27-22)14-2-4-16-17(10-14)28-29-21(16)24/h2-5,10-13H,6-9H2,1H3,(H,26,27)(H,28,29). The maximum atomic E-state index is 13.8. The van der Waals surface area contributed by atoms with Gasteiger partial charge in [0.15, 0.2) is 5.82 Å². The number of H-pyrrole nitrogens is 1. The smallest absolute Gasteiger partial charge is 0.240 e. The van der Waals surface area contributed by atoms with Crippen molar-refractivity contribution in [2.75, 3.05) is 43.6 Å². The number of hydrogen-bond donors (Lipinski definition) is 2. The Morgan fingerprint density at radius 2 is 2.03 bits per heavy atom. The summed E-state index contributed by atoms with van der Waals surface area (Å²) in [5, 5.41) is 18.3. The minimum absolute atomic E-state index is 0.430. The zero-order valence-corrected chi connectivity index (χ0v) is 18.3. The fraction of sp³-hybridized carbons (Fsp3) is 0.217.